The van der Waals surface area contributed by atoms with Crippen molar-refractivity contribution in [3.63, 3.8) is 0 Å². The molecule has 13 nitrogen and oxygen atoms in total. The highest BCUT2D eigenvalue weighted by Crippen LogP contribution is 2.35. The molecule has 2 amide bonds. The molecule has 3 heterocycles. The van der Waals surface area contributed by atoms with Gasteiger partial charge in [-0.05, 0) is 48.2 Å². The van der Waals surface area contributed by atoms with Gasteiger partial charge in [0, 0.05) is 69.2 Å². The highest BCUT2D eigenvalue weighted by atomic mass is 35.5. The van der Waals surface area contributed by atoms with E-state index >= 15 is 0 Å². The van der Waals surface area contributed by atoms with E-state index in [1.165, 1.54) is 11.9 Å². The number of hydrogen-bond acceptors (Lipinski definition) is 10. The van der Waals surface area contributed by atoms with Crippen molar-refractivity contribution in [1.82, 2.24) is 19.7 Å². The second kappa shape index (κ2) is 18.4. The molecule has 0 bridgehead atoms. The number of halogens is 1. The summed E-state index contributed by atoms with van der Waals surface area (Å²) >= 11 is 11.9. The van der Waals surface area contributed by atoms with E-state index in [9.17, 15) is 22.8 Å². The van der Waals surface area contributed by atoms with Gasteiger partial charge in [0.05, 0.1) is 41.1 Å². The molecule has 2 aliphatic heterocycles. The summed E-state index contributed by atoms with van der Waals surface area (Å²) in [5, 5.41) is 4.34. The molecular weight excluding hydrogens is 732 g/mol. The van der Waals surface area contributed by atoms with Crippen LogP contribution in [0.3, 0.4) is 0 Å². The Morgan fingerprint density at radius 2 is 1.77 bits per heavy atom. The van der Waals surface area contributed by atoms with Crippen LogP contribution in [-0.4, -0.2) is 103 Å². The summed E-state index contributed by atoms with van der Waals surface area (Å²) in [6, 6.07) is 11.3. The molecule has 5 rings (SSSR count). The molecule has 1 saturated heterocycles. The van der Waals surface area contributed by atoms with E-state index in [0.717, 1.165) is 48.0 Å². The first-order valence-electron chi connectivity index (χ1n) is 17.4. The van der Waals surface area contributed by atoms with Gasteiger partial charge in [-0.3, -0.25) is 23.8 Å². The Hall–Kier alpha value is -3.60. The topological polar surface area (TPSA) is 157 Å². The summed E-state index contributed by atoms with van der Waals surface area (Å²) in [5.74, 6) is -0.734. The molecule has 16 heteroatoms. The van der Waals surface area contributed by atoms with Crippen molar-refractivity contribution in [3.8, 4) is 5.75 Å². The number of amides is 2. The van der Waals surface area contributed by atoms with Gasteiger partial charge in [0.1, 0.15) is 12.4 Å². The fourth-order valence-corrected chi connectivity index (χ4v) is 7.12. The van der Waals surface area contributed by atoms with Crippen LogP contribution in [0, 0.1) is 4.51 Å². The molecule has 2 aliphatic rings. The third kappa shape index (κ3) is 11.4. The summed E-state index contributed by atoms with van der Waals surface area (Å²) in [6.07, 6.45) is 4.37. The number of carbonyl (C=O) groups excluding carboxylic acids is 3. The Bertz CT molecular complexity index is 1920. The van der Waals surface area contributed by atoms with Crippen LogP contribution < -0.4 is 10.1 Å². The predicted octanol–water partition coefficient (Wildman–Crippen LogP) is 4.78. The zero-order valence-corrected chi connectivity index (χ0v) is 31.6. The lowest BCUT2D eigenvalue weighted by atomic mass is 10.0. The zero-order valence-electron chi connectivity index (χ0n) is 29.2. The third-order valence-electron chi connectivity index (χ3n) is 9.07. The highest BCUT2D eigenvalue weighted by Gasteiger charge is 2.26. The smallest absolute Gasteiger partial charge is 0.305 e. The number of morpholine rings is 1. The molecule has 0 spiro atoms. The van der Waals surface area contributed by atoms with Crippen molar-refractivity contribution in [2.75, 3.05) is 52.3 Å². The van der Waals surface area contributed by atoms with Crippen LogP contribution in [0.5, 0.6) is 5.75 Å². The van der Waals surface area contributed by atoms with Gasteiger partial charge in [-0.25, -0.2) is 0 Å². The first-order chi connectivity index (χ1) is 24.9. The van der Waals surface area contributed by atoms with Crippen LogP contribution in [0.4, 0.5) is 0 Å². The van der Waals surface area contributed by atoms with Gasteiger partial charge in [-0.15, -0.1) is 0 Å². The summed E-state index contributed by atoms with van der Waals surface area (Å²) in [5.41, 5.74) is 3.05. The third-order valence-corrected chi connectivity index (χ3v) is 10.5. The Labute approximate surface area is 313 Å². The number of carbonyl (C=O) groups is 3. The standard InChI is InChI=1S/C36H45ClN4O9S2/c1-39(14-17-52(45,46)47)32(42)6-4-2-3-5-7-33(43)49-24-28-22-41-23-30(36(44)38-20-25-8-10-27(37)11-9-25)35(51)29-18-26(19-31(50-28)34(29)41)21-40-12-15-48-16-13-40/h8-11,18-19,23,28H,2-7,12-17,20-22,24H2,1H3,(H,38,44)(H,45,46,47). The minimum absolute atomic E-state index is 0.0264. The van der Waals surface area contributed by atoms with Crippen LogP contribution >= 0.6 is 23.8 Å². The summed E-state index contributed by atoms with van der Waals surface area (Å²) < 4.78 is 50.6. The largest absolute Gasteiger partial charge is 0.483 e. The highest BCUT2D eigenvalue weighted by molar-refractivity contribution is 7.85. The van der Waals surface area contributed by atoms with Crippen molar-refractivity contribution >= 4 is 62.6 Å². The van der Waals surface area contributed by atoms with Crippen LogP contribution in [-0.2, 0) is 48.8 Å². The van der Waals surface area contributed by atoms with Crippen LogP contribution in [0.1, 0.15) is 60.0 Å². The number of benzene rings is 2. The number of esters is 1. The molecule has 52 heavy (non-hydrogen) atoms. The molecule has 1 atom stereocenters. The van der Waals surface area contributed by atoms with Gasteiger partial charge >= 0.3 is 5.97 Å². The minimum atomic E-state index is -4.13. The number of aromatic nitrogens is 1. The van der Waals surface area contributed by atoms with E-state index in [2.05, 4.69) is 10.2 Å². The molecule has 0 saturated carbocycles. The molecule has 282 valence electrons. The second-order valence-corrected chi connectivity index (χ2v) is 15.6. The molecule has 0 aliphatic carbocycles. The summed E-state index contributed by atoms with van der Waals surface area (Å²) in [7, 11) is -2.63. The van der Waals surface area contributed by atoms with Gasteiger partial charge in [0.25, 0.3) is 16.0 Å². The number of hydrogen-bond donors (Lipinski definition) is 2. The molecule has 2 aromatic carbocycles. The molecule has 3 aromatic rings. The van der Waals surface area contributed by atoms with E-state index < -0.39 is 22.0 Å². The lowest BCUT2D eigenvalue weighted by Crippen LogP contribution is -2.36. The summed E-state index contributed by atoms with van der Waals surface area (Å²) in [4.78, 5) is 41.9. The number of pyridine rings is 1. The maximum absolute atomic E-state index is 13.5. The Kier molecular flexibility index (Phi) is 14.0. The summed E-state index contributed by atoms with van der Waals surface area (Å²) in [6.45, 7) is 4.20. The number of ether oxygens (including phenoxy) is 3. The van der Waals surface area contributed by atoms with E-state index in [4.69, 9.17) is 42.6 Å². The van der Waals surface area contributed by atoms with E-state index in [1.807, 2.05) is 28.8 Å². The average Bonchev–Trinajstić information content (AvgIpc) is 3.12. The number of rotatable bonds is 17. The number of unbranched alkanes of at least 4 members (excludes halogenated alkanes) is 3. The first kappa shape index (κ1) is 39.6. The normalized spacial score (nSPS) is 15.9. The van der Waals surface area contributed by atoms with Crippen molar-refractivity contribution in [3.05, 3.63) is 68.8 Å². The average molecular weight is 777 g/mol. The maximum Gasteiger partial charge on any atom is 0.305 e. The van der Waals surface area contributed by atoms with Crippen molar-refractivity contribution < 1.29 is 41.6 Å². The van der Waals surface area contributed by atoms with Gasteiger partial charge in [-0.1, -0.05) is 48.8 Å². The minimum Gasteiger partial charge on any atom is -0.483 e. The van der Waals surface area contributed by atoms with Crippen molar-refractivity contribution in [2.24, 2.45) is 0 Å². The maximum atomic E-state index is 13.5. The Morgan fingerprint density at radius 3 is 2.48 bits per heavy atom. The van der Waals surface area contributed by atoms with E-state index in [1.54, 1.807) is 18.3 Å². The lowest BCUT2D eigenvalue weighted by molar-refractivity contribution is -0.146. The fraction of sp³-hybridized carbons (Fsp3) is 0.500. The van der Waals surface area contributed by atoms with Gasteiger partial charge in [-0.2, -0.15) is 8.42 Å². The quantitative estimate of drug-likeness (QED) is 0.0843. The molecule has 2 N–H and O–H groups in total. The molecule has 1 aromatic heterocycles. The van der Waals surface area contributed by atoms with Crippen molar-refractivity contribution in [2.45, 2.75) is 64.3 Å². The molecule has 0 radical (unpaired) electrons. The predicted molar refractivity (Wildman–Crippen MR) is 199 cm³/mol. The van der Waals surface area contributed by atoms with Crippen LogP contribution in [0.25, 0.3) is 10.9 Å². The fourth-order valence-electron chi connectivity index (χ4n) is 6.19. The number of nitrogens with one attached hydrogen (secondary N) is 1. The van der Waals surface area contributed by atoms with E-state index in [0.29, 0.717) is 66.5 Å². The number of nitrogens with zero attached hydrogens (tertiary/aromatic N) is 3. The molecular formula is C36H45ClN4O9S2. The first-order valence-corrected chi connectivity index (χ1v) is 19.8. The second-order valence-electron chi connectivity index (χ2n) is 13.2. The Morgan fingerprint density at radius 1 is 1.06 bits per heavy atom. The van der Waals surface area contributed by atoms with E-state index in [-0.39, 0.29) is 43.8 Å². The van der Waals surface area contributed by atoms with Gasteiger partial charge in [0.15, 0.2) is 6.10 Å². The monoisotopic (exact) mass is 776 g/mol. The molecule has 1 unspecified atom stereocenters. The van der Waals surface area contributed by atoms with Crippen LogP contribution in [0.15, 0.2) is 42.6 Å². The zero-order chi connectivity index (χ0) is 37.3. The van der Waals surface area contributed by atoms with Gasteiger partial charge in [0.2, 0.25) is 5.91 Å². The molecule has 1 fully saturated rings. The SMILES string of the molecule is CN(CCS(=O)(=O)O)C(=O)CCCCCCC(=O)OCC1Cn2cc(C(=O)NCc3ccc(Cl)cc3)c(=S)c3cc(CN4CCOCC4)cc(c32)O1. The lowest BCUT2D eigenvalue weighted by Gasteiger charge is -2.30. The Balaban J connectivity index is 1.19. The van der Waals surface area contributed by atoms with Crippen LogP contribution in [0.2, 0.25) is 5.02 Å². The van der Waals surface area contributed by atoms with Gasteiger partial charge < -0.3 is 29.0 Å². The van der Waals surface area contributed by atoms with Crippen molar-refractivity contribution in [1.29, 1.82) is 0 Å².